The van der Waals surface area contributed by atoms with Gasteiger partial charge < -0.3 is 15.6 Å². The van der Waals surface area contributed by atoms with Gasteiger partial charge in [-0.2, -0.15) is 0 Å². The van der Waals surface area contributed by atoms with Gasteiger partial charge in [-0.25, -0.2) is 8.42 Å². The Bertz CT molecular complexity index is 898. The van der Waals surface area contributed by atoms with Crippen LogP contribution in [0.15, 0.2) is 24.3 Å². The Kier molecular flexibility index (Phi) is 3.68. The molecular weight excluding hydrogens is 314 g/mol. The number of fused-ring (bicyclic) bond motifs is 1. The van der Waals surface area contributed by atoms with Crippen LogP contribution >= 0.6 is 0 Å². The molecule has 3 rings (SSSR count). The van der Waals surface area contributed by atoms with E-state index in [9.17, 15) is 13.2 Å². The molecule has 0 fully saturated rings. The van der Waals surface area contributed by atoms with Gasteiger partial charge in [-0.15, -0.1) is 0 Å². The van der Waals surface area contributed by atoms with Gasteiger partial charge in [0.15, 0.2) is 9.84 Å². The molecule has 1 aromatic heterocycles. The van der Waals surface area contributed by atoms with Crippen LogP contribution in [0.5, 0.6) is 0 Å². The number of amides is 1. The number of carbonyl (C=O) groups excluding carboxylic acids is 1. The average molecular weight is 333 g/mol. The Hall–Kier alpha value is -2.28. The van der Waals surface area contributed by atoms with Crippen LogP contribution in [0.1, 0.15) is 21.6 Å². The van der Waals surface area contributed by atoms with Crippen LogP contribution in [-0.4, -0.2) is 31.7 Å². The molecule has 0 saturated heterocycles. The number of nitrogen functional groups attached to an aromatic ring is 1. The average Bonchev–Trinajstić information content (AvgIpc) is 2.78. The maximum atomic E-state index is 12.0. The van der Waals surface area contributed by atoms with E-state index in [-0.39, 0.29) is 11.7 Å². The number of sulfone groups is 1. The minimum Gasteiger partial charge on any atom is -0.398 e. The standard InChI is InChI=1S/C16H19N3O3S/c1-10-7-14(19-6-5-18-16(20)15(10)19)12-8-11(3-4-13(12)17)9-23(2,21)22/h3-4,7-8H,5-6,9,17H2,1-2H3,(H,18,20). The van der Waals surface area contributed by atoms with E-state index >= 15 is 0 Å². The van der Waals surface area contributed by atoms with Gasteiger partial charge in [-0.05, 0) is 36.2 Å². The first-order valence-electron chi connectivity index (χ1n) is 7.31. The number of benzene rings is 1. The molecule has 1 amide bonds. The number of anilines is 1. The largest absolute Gasteiger partial charge is 0.398 e. The molecule has 0 aliphatic carbocycles. The summed E-state index contributed by atoms with van der Waals surface area (Å²) in [5.74, 6) is -0.126. The van der Waals surface area contributed by atoms with E-state index in [1.54, 1.807) is 18.2 Å². The van der Waals surface area contributed by atoms with E-state index < -0.39 is 9.84 Å². The molecule has 1 aliphatic rings. The molecule has 6 nitrogen and oxygen atoms in total. The Morgan fingerprint density at radius 2 is 2.04 bits per heavy atom. The van der Waals surface area contributed by atoms with Gasteiger partial charge in [0, 0.05) is 30.6 Å². The van der Waals surface area contributed by atoms with Gasteiger partial charge in [0.2, 0.25) is 0 Å². The maximum Gasteiger partial charge on any atom is 0.268 e. The zero-order valence-electron chi connectivity index (χ0n) is 13.1. The first-order chi connectivity index (χ1) is 10.8. The predicted octanol–water partition coefficient (Wildman–Crippen LogP) is 1.33. The highest BCUT2D eigenvalue weighted by atomic mass is 32.2. The molecule has 2 heterocycles. The third kappa shape index (κ3) is 2.96. The van der Waals surface area contributed by atoms with Crippen LogP contribution in [-0.2, 0) is 22.1 Å². The second kappa shape index (κ2) is 5.42. The molecule has 0 atom stereocenters. The summed E-state index contributed by atoms with van der Waals surface area (Å²) in [5.41, 5.74) is 10.5. The van der Waals surface area contributed by atoms with Gasteiger partial charge in [0.25, 0.3) is 5.91 Å². The molecule has 0 spiro atoms. The summed E-state index contributed by atoms with van der Waals surface area (Å²) in [5, 5.41) is 2.83. The lowest BCUT2D eigenvalue weighted by atomic mass is 10.1. The molecule has 0 bridgehead atoms. The van der Waals surface area contributed by atoms with Crippen molar-refractivity contribution in [3.8, 4) is 11.3 Å². The number of rotatable bonds is 3. The molecule has 23 heavy (non-hydrogen) atoms. The molecule has 1 aliphatic heterocycles. The summed E-state index contributed by atoms with van der Waals surface area (Å²) in [6, 6.07) is 7.16. The molecule has 7 heteroatoms. The molecule has 122 valence electrons. The maximum absolute atomic E-state index is 12.0. The minimum absolute atomic E-state index is 0.0344. The van der Waals surface area contributed by atoms with Crippen LogP contribution in [0.3, 0.4) is 0 Å². The molecule has 3 N–H and O–H groups in total. The Labute approximate surface area is 135 Å². The minimum atomic E-state index is -3.12. The summed E-state index contributed by atoms with van der Waals surface area (Å²) >= 11 is 0. The molecule has 0 unspecified atom stereocenters. The van der Waals surface area contributed by atoms with E-state index in [0.717, 1.165) is 16.8 Å². The molecule has 0 radical (unpaired) electrons. The number of aromatic nitrogens is 1. The molecular formula is C16H19N3O3S. The summed E-state index contributed by atoms with van der Waals surface area (Å²) in [4.78, 5) is 12.0. The molecule has 1 aromatic carbocycles. The van der Waals surface area contributed by atoms with Crippen LogP contribution in [0.4, 0.5) is 5.69 Å². The van der Waals surface area contributed by atoms with E-state index in [0.29, 0.717) is 30.0 Å². The number of carbonyl (C=O) groups is 1. The van der Waals surface area contributed by atoms with E-state index in [1.807, 2.05) is 17.6 Å². The highest BCUT2D eigenvalue weighted by Crippen LogP contribution is 2.32. The number of nitrogens with zero attached hydrogens (tertiary/aromatic N) is 1. The van der Waals surface area contributed by atoms with Crippen molar-refractivity contribution in [2.24, 2.45) is 0 Å². The third-order valence-electron chi connectivity index (χ3n) is 3.95. The fourth-order valence-corrected chi connectivity index (χ4v) is 3.81. The Morgan fingerprint density at radius 1 is 1.30 bits per heavy atom. The lowest BCUT2D eigenvalue weighted by Crippen LogP contribution is -2.35. The lowest BCUT2D eigenvalue weighted by Gasteiger charge is -2.20. The third-order valence-corrected chi connectivity index (χ3v) is 4.80. The zero-order chi connectivity index (χ0) is 16.8. The van der Waals surface area contributed by atoms with Gasteiger partial charge in [0.1, 0.15) is 5.69 Å². The summed E-state index contributed by atoms with van der Waals surface area (Å²) in [6.07, 6.45) is 1.21. The van der Waals surface area contributed by atoms with Crippen molar-refractivity contribution in [3.63, 3.8) is 0 Å². The van der Waals surface area contributed by atoms with Crippen LogP contribution in [0.25, 0.3) is 11.3 Å². The van der Waals surface area contributed by atoms with Crippen LogP contribution in [0.2, 0.25) is 0 Å². The van der Waals surface area contributed by atoms with Crippen molar-refractivity contribution in [2.75, 3.05) is 18.5 Å². The second-order valence-electron chi connectivity index (χ2n) is 5.96. The fourth-order valence-electron chi connectivity index (χ4n) is 3.02. The van der Waals surface area contributed by atoms with E-state index in [2.05, 4.69) is 5.32 Å². The number of aryl methyl sites for hydroxylation is 1. The molecule has 0 saturated carbocycles. The Morgan fingerprint density at radius 3 is 2.74 bits per heavy atom. The second-order valence-corrected chi connectivity index (χ2v) is 8.10. The topological polar surface area (TPSA) is 94.2 Å². The lowest BCUT2D eigenvalue weighted by molar-refractivity contribution is 0.0927. The van der Waals surface area contributed by atoms with Crippen molar-refractivity contribution in [3.05, 3.63) is 41.1 Å². The predicted molar refractivity (Wildman–Crippen MR) is 89.9 cm³/mol. The van der Waals surface area contributed by atoms with Gasteiger partial charge in [0.05, 0.1) is 11.4 Å². The summed E-state index contributed by atoms with van der Waals surface area (Å²) in [7, 11) is -3.12. The summed E-state index contributed by atoms with van der Waals surface area (Å²) in [6.45, 7) is 3.12. The quantitative estimate of drug-likeness (QED) is 0.829. The SMILES string of the molecule is Cc1cc(-c2cc(CS(C)(=O)=O)ccc2N)n2c1C(=O)NCC2. The zero-order valence-corrected chi connectivity index (χ0v) is 13.9. The number of nitrogens with one attached hydrogen (secondary N) is 1. The number of hydrogen-bond acceptors (Lipinski definition) is 4. The normalized spacial score (nSPS) is 14.4. The number of nitrogens with two attached hydrogens (primary N) is 1. The van der Waals surface area contributed by atoms with Gasteiger partial charge in [-0.3, -0.25) is 4.79 Å². The fraction of sp³-hybridized carbons (Fsp3) is 0.312. The molecule has 2 aromatic rings. The van der Waals surface area contributed by atoms with E-state index in [1.165, 1.54) is 6.26 Å². The van der Waals surface area contributed by atoms with E-state index in [4.69, 9.17) is 5.73 Å². The monoisotopic (exact) mass is 333 g/mol. The highest BCUT2D eigenvalue weighted by Gasteiger charge is 2.24. The van der Waals surface area contributed by atoms with Gasteiger partial charge >= 0.3 is 0 Å². The van der Waals surface area contributed by atoms with Crippen molar-refractivity contribution in [2.45, 2.75) is 19.2 Å². The van der Waals surface area contributed by atoms with Crippen molar-refractivity contribution in [1.82, 2.24) is 9.88 Å². The van der Waals surface area contributed by atoms with Gasteiger partial charge in [-0.1, -0.05) is 6.07 Å². The first kappa shape index (κ1) is 15.6. The smallest absolute Gasteiger partial charge is 0.268 e. The Balaban J connectivity index is 2.14. The first-order valence-corrected chi connectivity index (χ1v) is 9.37. The number of hydrogen-bond donors (Lipinski definition) is 2. The highest BCUT2D eigenvalue weighted by molar-refractivity contribution is 7.89. The van der Waals surface area contributed by atoms with Crippen LogP contribution in [0, 0.1) is 6.92 Å². The van der Waals surface area contributed by atoms with Crippen molar-refractivity contribution in [1.29, 1.82) is 0 Å². The van der Waals surface area contributed by atoms with Crippen molar-refractivity contribution < 1.29 is 13.2 Å². The van der Waals surface area contributed by atoms with Crippen molar-refractivity contribution >= 4 is 21.4 Å². The van der Waals surface area contributed by atoms with Crippen LogP contribution < -0.4 is 11.1 Å². The summed E-state index contributed by atoms with van der Waals surface area (Å²) < 4.78 is 25.0.